The first-order valence-corrected chi connectivity index (χ1v) is 9.22. The summed E-state index contributed by atoms with van der Waals surface area (Å²) in [4.78, 5) is 14.9. The van der Waals surface area contributed by atoms with Crippen molar-refractivity contribution in [1.82, 2.24) is 24.5 Å². The van der Waals surface area contributed by atoms with Crippen LogP contribution in [0.3, 0.4) is 0 Å². The van der Waals surface area contributed by atoms with E-state index in [-0.39, 0.29) is 11.4 Å². The number of hydrogen-bond acceptors (Lipinski definition) is 6. The predicted molar refractivity (Wildman–Crippen MR) is 105 cm³/mol. The fourth-order valence-electron chi connectivity index (χ4n) is 3.98. The van der Waals surface area contributed by atoms with Crippen LogP contribution in [-0.2, 0) is 18.3 Å². The van der Waals surface area contributed by atoms with E-state index in [9.17, 15) is 4.79 Å². The normalized spacial score (nSPS) is 17.3. The zero-order chi connectivity index (χ0) is 19.1. The molecule has 9 nitrogen and oxygen atoms in total. The maximum Gasteiger partial charge on any atom is 0.263 e. The second-order valence-corrected chi connectivity index (χ2v) is 6.95. The van der Waals surface area contributed by atoms with Crippen molar-refractivity contribution in [3.05, 3.63) is 22.6 Å². The Labute approximate surface area is 156 Å². The molecule has 0 radical (unpaired) electrons. The van der Waals surface area contributed by atoms with Gasteiger partial charge in [-0.05, 0) is 19.8 Å². The number of aromatic nitrogens is 5. The van der Waals surface area contributed by atoms with E-state index in [0.29, 0.717) is 30.1 Å². The van der Waals surface area contributed by atoms with Crippen LogP contribution < -0.4 is 16.2 Å². The SMILES string of the molecule is CCn1cc(-c2cc(N3CCC[C@H]3COC)n(C)n2)c2[nH]nc(N)c2c1=O. The van der Waals surface area contributed by atoms with Crippen LogP contribution in [0.4, 0.5) is 11.6 Å². The van der Waals surface area contributed by atoms with Crippen LogP contribution in [0.2, 0.25) is 0 Å². The fraction of sp³-hybridized carbons (Fsp3) is 0.500. The lowest BCUT2D eigenvalue weighted by atomic mass is 10.1. The summed E-state index contributed by atoms with van der Waals surface area (Å²) >= 11 is 0. The molecule has 27 heavy (non-hydrogen) atoms. The Balaban J connectivity index is 1.84. The molecule has 3 aromatic rings. The molecule has 1 saturated heterocycles. The first kappa shape index (κ1) is 17.6. The number of fused-ring (bicyclic) bond motifs is 1. The van der Waals surface area contributed by atoms with Gasteiger partial charge in [-0.3, -0.25) is 14.6 Å². The summed E-state index contributed by atoms with van der Waals surface area (Å²) in [5.74, 6) is 1.26. The van der Waals surface area contributed by atoms with Crippen LogP contribution in [-0.4, -0.2) is 50.8 Å². The highest BCUT2D eigenvalue weighted by Gasteiger charge is 2.28. The largest absolute Gasteiger partial charge is 0.383 e. The Bertz CT molecular complexity index is 1030. The Hall–Kier alpha value is -2.81. The zero-order valence-electron chi connectivity index (χ0n) is 15.9. The van der Waals surface area contributed by atoms with E-state index >= 15 is 0 Å². The predicted octanol–water partition coefficient (Wildman–Crippen LogP) is 1.34. The number of nitrogen functional groups attached to an aromatic ring is 1. The van der Waals surface area contributed by atoms with E-state index in [2.05, 4.69) is 21.2 Å². The van der Waals surface area contributed by atoms with Gasteiger partial charge in [0.25, 0.3) is 5.56 Å². The number of nitrogens with two attached hydrogens (primary N) is 1. The summed E-state index contributed by atoms with van der Waals surface area (Å²) in [5.41, 5.74) is 8.02. The second-order valence-electron chi connectivity index (χ2n) is 6.95. The summed E-state index contributed by atoms with van der Waals surface area (Å²) in [6, 6.07) is 2.41. The Kier molecular flexibility index (Phi) is 4.39. The molecular formula is C18H25N7O2. The molecule has 0 aliphatic carbocycles. The highest BCUT2D eigenvalue weighted by atomic mass is 16.5. The van der Waals surface area contributed by atoms with E-state index < -0.39 is 0 Å². The molecule has 1 atom stereocenters. The minimum Gasteiger partial charge on any atom is -0.383 e. The van der Waals surface area contributed by atoms with Crippen LogP contribution in [0.15, 0.2) is 17.1 Å². The van der Waals surface area contributed by atoms with Crippen molar-refractivity contribution in [1.29, 1.82) is 0 Å². The molecular weight excluding hydrogens is 346 g/mol. The molecule has 1 fully saturated rings. The standard InChI is InChI=1S/C18H25N7O2/c1-4-24-9-12(16-15(18(24)26)17(19)21-20-16)13-8-14(23(2)22-13)25-7-5-6-11(25)10-27-3/h8-9,11H,4-7,10H2,1-3H3,(H3,19,20,21)/t11-/m0/s1. The minimum atomic E-state index is -0.140. The summed E-state index contributed by atoms with van der Waals surface area (Å²) in [6.07, 6.45) is 4.07. The summed E-state index contributed by atoms with van der Waals surface area (Å²) in [5, 5.41) is 12.1. The third kappa shape index (κ3) is 2.78. The molecule has 0 saturated carbocycles. The third-order valence-corrected chi connectivity index (χ3v) is 5.33. The number of pyridine rings is 1. The zero-order valence-corrected chi connectivity index (χ0v) is 15.9. The molecule has 3 N–H and O–H groups in total. The molecule has 0 bridgehead atoms. The number of methoxy groups -OCH3 is 1. The number of ether oxygens (including phenoxy) is 1. The number of rotatable bonds is 5. The van der Waals surface area contributed by atoms with Gasteiger partial charge in [0.1, 0.15) is 11.2 Å². The van der Waals surface area contributed by atoms with E-state index in [1.807, 2.05) is 24.9 Å². The van der Waals surface area contributed by atoms with Crippen LogP contribution in [0.5, 0.6) is 0 Å². The number of aromatic amines is 1. The topological polar surface area (TPSA) is 107 Å². The smallest absolute Gasteiger partial charge is 0.263 e. The lowest BCUT2D eigenvalue weighted by Gasteiger charge is -2.25. The van der Waals surface area contributed by atoms with E-state index in [0.717, 1.165) is 36.5 Å². The van der Waals surface area contributed by atoms with Gasteiger partial charge in [0.05, 0.1) is 23.9 Å². The van der Waals surface area contributed by atoms with Gasteiger partial charge in [0.15, 0.2) is 5.82 Å². The number of aryl methyl sites for hydroxylation is 2. The van der Waals surface area contributed by atoms with E-state index in [1.54, 1.807) is 11.7 Å². The first-order chi connectivity index (χ1) is 13.0. The average Bonchev–Trinajstić information content (AvgIpc) is 3.35. The Morgan fingerprint density at radius 2 is 2.26 bits per heavy atom. The van der Waals surface area contributed by atoms with E-state index in [4.69, 9.17) is 15.6 Å². The van der Waals surface area contributed by atoms with Crippen molar-refractivity contribution in [3.8, 4) is 11.3 Å². The van der Waals surface area contributed by atoms with Crippen molar-refractivity contribution in [3.63, 3.8) is 0 Å². The molecule has 4 rings (SSSR count). The number of anilines is 2. The van der Waals surface area contributed by atoms with Gasteiger partial charge >= 0.3 is 0 Å². The summed E-state index contributed by atoms with van der Waals surface area (Å²) in [6.45, 7) is 4.15. The first-order valence-electron chi connectivity index (χ1n) is 9.22. The van der Waals surface area contributed by atoms with Crippen molar-refractivity contribution in [2.24, 2.45) is 7.05 Å². The van der Waals surface area contributed by atoms with Gasteiger partial charge in [-0.25, -0.2) is 0 Å². The molecule has 0 aromatic carbocycles. The number of hydrogen-bond donors (Lipinski definition) is 2. The van der Waals surface area contributed by atoms with Crippen molar-refractivity contribution in [2.45, 2.75) is 32.4 Å². The van der Waals surface area contributed by atoms with Gasteiger partial charge in [0, 0.05) is 45.1 Å². The van der Waals surface area contributed by atoms with Crippen molar-refractivity contribution in [2.75, 3.05) is 30.9 Å². The summed E-state index contributed by atoms with van der Waals surface area (Å²) < 4.78 is 8.90. The van der Waals surface area contributed by atoms with Crippen LogP contribution >= 0.6 is 0 Å². The second kappa shape index (κ2) is 6.73. The number of nitrogens with one attached hydrogen (secondary N) is 1. The molecule has 3 aromatic heterocycles. The highest BCUT2D eigenvalue weighted by Crippen LogP contribution is 2.32. The molecule has 0 amide bonds. The maximum absolute atomic E-state index is 12.6. The van der Waals surface area contributed by atoms with Crippen LogP contribution in [0.1, 0.15) is 19.8 Å². The van der Waals surface area contributed by atoms with Crippen molar-refractivity contribution >= 4 is 22.5 Å². The highest BCUT2D eigenvalue weighted by molar-refractivity contribution is 5.97. The van der Waals surface area contributed by atoms with Gasteiger partial charge in [-0.2, -0.15) is 10.2 Å². The van der Waals surface area contributed by atoms with Gasteiger partial charge in [0.2, 0.25) is 0 Å². The van der Waals surface area contributed by atoms with Crippen molar-refractivity contribution < 1.29 is 4.74 Å². The molecule has 1 aliphatic rings. The lowest BCUT2D eigenvalue weighted by molar-refractivity contribution is 0.180. The van der Waals surface area contributed by atoms with Gasteiger partial charge in [-0.15, -0.1) is 0 Å². The Morgan fingerprint density at radius 1 is 1.44 bits per heavy atom. The molecule has 4 heterocycles. The van der Waals surface area contributed by atoms with Crippen LogP contribution in [0.25, 0.3) is 22.2 Å². The van der Waals surface area contributed by atoms with Crippen LogP contribution in [0, 0.1) is 0 Å². The Morgan fingerprint density at radius 3 is 3.00 bits per heavy atom. The molecule has 1 aliphatic heterocycles. The number of nitrogens with zero attached hydrogens (tertiary/aromatic N) is 5. The average molecular weight is 371 g/mol. The number of H-pyrrole nitrogens is 1. The minimum absolute atomic E-state index is 0.140. The maximum atomic E-state index is 12.6. The summed E-state index contributed by atoms with van der Waals surface area (Å²) in [7, 11) is 3.67. The third-order valence-electron chi connectivity index (χ3n) is 5.33. The monoisotopic (exact) mass is 371 g/mol. The fourth-order valence-corrected chi connectivity index (χ4v) is 3.98. The molecule has 9 heteroatoms. The quantitative estimate of drug-likeness (QED) is 0.701. The lowest BCUT2D eigenvalue weighted by Crippen LogP contribution is -2.34. The van der Waals surface area contributed by atoms with Gasteiger partial charge < -0.3 is 19.9 Å². The molecule has 144 valence electrons. The van der Waals surface area contributed by atoms with E-state index in [1.165, 1.54) is 0 Å². The molecule has 0 spiro atoms. The molecule has 0 unspecified atom stereocenters. The van der Waals surface area contributed by atoms with Gasteiger partial charge in [-0.1, -0.05) is 0 Å².